The van der Waals surface area contributed by atoms with E-state index in [0.717, 1.165) is 23.1 Å². The van der Waals surface area contributed by atoms with Gasteiger partial charge < -0.3 is 0 Å². The zero-order chi connectivity index (χ0) is 20.5. The van der Waals surface area contributed by atoms with Crippen molar-refractivity contribution in [1.29, 1.82) is 0 Å². The molecule has 152 valence electrons. The lowest BCUT2D eigenvalue weighted by molar-refractivity contribution is 0.509. The summed E-state index contributed by atoms with van der Waals surface area (Å²) in [5, 5.41) is 0. The maximum absolute atomic E-state index is 13.7. The SMILES string of the molecule is CCCCCCCCCc1ccc(-c2ccccc2-c2ccc(F)c(F)c2)cc1. The fraction of sp³-hybridized carbons (Fsp3) is 0.333. The van der Waals surface area contributed by atoms with Gasteiger partial charge in [-0.05, 0) is 52.8 Å². The van der Waals surface area contributed by atoms with Gasteiger partial charge in [0.25, 0.3) is 0 Å². The van der Waals surface area contributed by atoms with Crippen LogP contribution in [0.3, 0.4) is 0 Å². The molecule has 0 unspecified atom stereocenters. The average Bonchev–Trinajstić information content (AvgIpc) is 2.75. The first-order chi connectivity index (χ1) is 14.2. The molecule has 0 saturated carbocycles. The van der Waals surface area contributed by atoms with Crippen molar-refractivity contribution in [2.75, 3.05) is 0 Å². The van der Waals surface area contributed by atoms with E-state index in [1.165, 1.54) is 62.6 Å². The summed E-state index contributed by atoms with van der Waals surface area (Å²) in [6, 6.07) is 20.6. The molecule has 0 amide bonds. The van der Waals surface area contributed by atoms with Gasteiger partial charge in [-0.25, -0.2) is 8.78 Å². The second-order valence-electron chi connectivity index (χ2n) is 7.74. The molecule has 0 aromatic heterocycles. The zero-order valence-corrected chi connectivity index (χ0v) is 17.3. The molecule has 3 rings (SSSR count). The lowest BCUT2D eigenvalue weighted by Gasteiger charge is -2.11. The van der Waals surface area contributed by atoms with Gasteiger partial charge in [0.2, 0.25) is 0 Å². The molecule has 3 aromatic rings. The maximum atomic E-state index is 13.7. The van der Waals surface area contributed by atoms with E-state index in [2.05, 4.69) is 31.2 Å². The van der Waals surface area contributed by atoms with Gasteiger partial charge >= 0.3 is 0 Å². The van der Waals surface area contributed by atoms with E-state index in [-0.39, 0.29) is 0 Å². The largest absolute Gasteiger partial charge is 0.204 e. The molecule has 0 atom stereocenters. The van der Waals surface area contributed by atoms with E-state index < -0.39 is 11.6 Å². The molecule has 0 fully saturated rings. The van der Waals surface area contributed by atoms with Crippen molar-refractivity contribution in [2.24, 2.45) is 0 Å². The smallest absolute Gasteiger partial charge is 0.159 e. The van der Waals surface area contributed by atoms with Crippen LogP contribution >= 0.6 is 0 Å². The van der Waals surface area contributed by atoms with Gasteiger partial charge in [0.05, 0.1) is 0 Å². The molecule has 0 aliphatic rings. The molecule has 0 bridgehead atoms. The van der Waals surface area contributed by atoms with Gasteiger partial charge in [0, 0.05) is 0 Å². The molecular weight excluding hydrogens is 362 g/mol. The Morgan fingerprint density at radius 3 is 1.83 bits per heavy atom. The van der Waals surface area contributed by atoms with E-state index in [4.69, 9.17) is 0 Å². The van der Waals surface area contributed by atoms with Crippen LogP contribution in [0.1, 0.15) is 57.4 Å². The first-order valence-corrected chi connectivity index (χ1v) is 10.8. The lowest BCUT2D eigenvalue weighted by Crippen LogP contribution is -1.90. The molecule has 0 aliphatic heterocycles. The van der Waals surface area contributed by atoms with Crippen LogP contribution in [0, 0.1) is 11.6 Å². The molecular formula is C27H30F2. The van der Waals surface area contributed by atoms with Gasteiger partial charge in [0.1, 0.15) is 0 Å². The minimum Gasteiger partial charge on any atom is -0.204 e. The van der Waals surface area contributed by atoms with E-state index >= 15 is 0 Å². The molecule has 0 aliphatic carbocycles. The van der Waals surface area contributed by atoms with Crippen molar-refractivity contribution in [1.82, 2.24) is 0 Å². The number of aryl methyl sites for hydroxylation is 1. The van der Waals surface area contributed by atoms with Gasteiger partial charge in [-0.2, -0.15) is 0 Å². The third-order valence-corrected chi connectivity index (χ3v) is 5.49. The fourth-order valence-electron chi connectivity index (χ4n) is 3.79. The predicted molar refractivity (Wildman–Crippen MR) is 119 cm³/mol. The summed E-state index contributed by atoms with van der Waals surface area (Å²) in [6.45, 7) is 2.25. The maximum Gasteiger partial charge on any atom is 0.159 e. The van der Waals surface area contributed by atoms with Crippen molar-refractivity contribution >= 4 is 0 Å². The Kier molecular flexibility index (Phi) is 7.98. The number of halogens is 2. The summed E-state index contributed by atoms with van der Waals surface area (Å²) in [5.74, 6) is -1.64. The topological polar surface area (TPSA) is 0 Å². The minimum atomic E-state index is -0.819. The Bertz CT molecular complexity index is 897. The fourth-order valence-corrected chi connectivity index (χ4v) is 3.79. The predicted octanol–water partition coefficient (Wildman–Crippen LogP) is 8.59. The van der Waals surface area contributed by atoms with Crippen molar-refractivity contribution in [2.45, 2.75) is 58.3 Å². The Hall–Kier alpha value is -2.48. The second kappa shape index (κ2) is 10.9. The third kappa shape index (κ3) is 6.00. The zero-order valence-electron chi connectivity index (χ0n) is 17.3. The standard InChI is InChI=1S/C27H30F2/c1-2-3-4-5-6-7-8-11-21-14-16-22(17-15-21)24-12-9-10-13-25(24)23-18-19-26(28)27(29)20-23/h9-10,12-20H,2-8,11H2,1H3. The number of rotatable bonds is 10. The minimum absolute atomic E-state index is 0.687. The average molecular weight is 393 g/mol. The van der Waals surface area contributed by atoms with Gasteiger partial charge in [-0.1, -0.05) is 100 Å². The van der Waals surface area contributed by atoms with Crippen LogP contribution in [0.15, 0.2) is 66.7 Å². The summed E-state index contributed by atoms with van der Waals surface area (Å²) >= 11 is 0. The highest BCUT2D eigenvalue weighted by atomic mass is 19.2. The van der Waals surface area contributed by atoms with Crippen LogP contribution < -0.4 is 0 Å². The molecule has 0 N–H and O–H groups in total. The normalized spacial score (nSPS) is 11.0. The number of hydrogen-bond donors (Lipinski definition) is 0. The Balaban J connectivity index is 1.65. The first-order valence-electron chi connectivity index (χ1n) is 10.8. The Morgan fingerprint density at radius 1 is 0.586 bits per heavy atom. The van der Waals surface area contributed by atoms with Crippen LogP contribution in [0.5, 0.6) is 0 Å². The summed E-state index contributed by atoms with van der Waals surface area (Å²) in [5.41, 5.74) is 5.07. The molecule has 0 spiro atoms. The summed E-state index contributed by atoms with van der Waals surface area (Å²) in [7, 11) is 0. The van der Waals surface area contributed by atoms with Crippen LogP contribution in [0.4, 0.5) is 8.78 Å². The Morgan fingerprint density at radius 2 is 1.17 bits per heavy atom. The van der Waals surface area contributed by atoms with E-state index in [9.17, 15) is 8.78 Å². The molecule has 0 nitrogen and oxygen atoms in total. The van der Waals surface area contributed by atoms with Gasteiger partial charge in [0.15, 0.2) is 11.6 Å². The van der Waals surface area contributed by atoms with E-state index in [1.54, 1.807) is 6.07 Å². The highest BCUT2D eigenvalue weighted by Gasteiger charge is 2.10. The van der Waals surface area contributed by atoms with E-state index in [1.807, 2.05) is 24.3 Å². The number of hydrogen-bond acceptors (Lipinski definition) is 0. The van der Waals surface area contributed by atoms with Crippen molar-refractivity contribution in [3.8, 4) is 22.3 Å². The van der Waals surface area contributed by atoms with Crippen molar-refractivity contribution in [3.05, 3.63) is 83.9 Å². The quantitative estimate of drug-likeness (QED) is 0.303. The van der Waals surface area contributed by atoms with Crippen molar-refractivity contribution in [3.63, 3.8) is 0 Å². The molecule has 0 heterocycles. The molecule has 3 aromatic carbocycles. The highest BCUT2D eigenvalue weighted by Crippen LogP contribution is 2.33. The summed E-state index contributed by atoms with van der Waals surface area (Å²) < 4.78 is 27.0. The van der Waals surface area contributed by atoms with Gasteiger partial charge in [-0.15, -0.1) is 0 Å². The number of unbranched alkanes of at least 4 members (excludes halogenated alkanes) is 6. The van der Waals surface area contributed by atoms with Gasteiger partial charge in [-0.3, -0.25) is 0 Å². The first kappa shape index (κ1) is 21.2. The van der Waals surface area contributed by atoms with Crippen LogP contribution in [0.25, 0.3) is 22.3 Å². The number of benzene rings is 3. The summed E-state index contributed by atoms with van der Waals surface area (Å²) in [6.07, 6.45) is 10.3. The highest BCUT2D eigenvalue weighted by molar-refractivity contribution is 5.83. The van der Waals surface area contributed by atoms with Crippen molar-refractivity contribution < 1.29 is 8.78 Å². The monoisotopic (exact) mass is 392 g/mol. The third-order valence-electron chi connectivity index (χ3n) is 5.49. The van der Waals surface area contributed by atoms with E-state index in [0.29, 0.717) is 5.56 Å². The van der Waals surface area contributed by atoms with Crippen LogP contribution in [-0.2, 0) is 6.42 Å². The molecule has 2 heteroatoms. The lowest BCUT2D eigenvalue weighted by atomic mass is 9.93. The molecule has 0 radical (unpaired) electrons. The van der Waals surface area contributed by atoms with Crippen LogP contribution in [-0.4, -0.2) is 0 Å². The molecule has 29 heavy (non-hydrogen) atoms. The van der Waals surface area contributed by atoms with Crippen LogP contribution in [0.2, 0.25) is 0 Å². The second-order valence-corrected chi connectivity index (χ2v) is 7.74. The summed E-state index contributed by atoms with van der Waals surface area (Å²) in [4.78, 5) is 0. The molecule has 0 saturated heterocycles. The Labute approximate surface area is 173 Å².